The molecule has 3 heteroatoms. The standard InChI is InChI=1S/C14H19BrO2/c15-13-8-4-5-9-14(13)17-11-10-16-12-6-2-1-3-7-12/h1-3,6-7,13-14H,4-5,8-11H2. The molecule has 0 spiro atoms. The summed E-state index contributed by atoms with van der Waals surface area (Å²) >= 11 is 3.69. The normalized spacial score (nSPS) is 24.5. The number of alkyl halides is 1. The quantitative estimate of drug-likeness (QED) is 0.608. The van der Waals surface area contributed by atoms with Crippen molar-refractivity contribution in [1.29, 1.82) is 0 Å². The predicted octanol–water partition coefficient (Wildman–Crippen LogP) is 3.79. The lowest BCUT2D eigenvalue weighted by Crippen LogP contribution is -2.29. The minimum absolute atomic E-state index is 0.364. The Balaban J connectivity index is 1.63. The highest BCUT2D eigenvalue weighted by Gasteiger charge is 2.22. The highest BCUT2D eigenvalue weighted by atomic mass is 79.9. The van der Waals surface area contributed by atoms with Crippen LogP contribution in [-0.4, -0.2) is 24.1 Å². The van der Waals surface area contributed by atoms with Crippen LogP contribution in [-0.2, 0) is 4.74 Å². The zero-order valence-electron chi connectivity index (χ0n) is 9.98. The Morgan fingerprint density at radius 1 is 1.06 bits per heavy atom. The van der Waals surface area contributed by atoms with Gasteiger partial charge in [-0.25, -0.2) is 0 Å². The van der Waals surface area contributed by atoms with Crippen molar-refractivity contribution in [3.63, 3.8) is 0 Å². The molecule has 17 heavy (non-hydrogen) atoms. The van der Waals surface area contributed by atoms with Crippen LogP contribution in [0.3, 0.4) is 0 Å². The molecule has 0 radical (unpaired) electrons. The highest BCUT2D eigenvalue weighted by molar-refractivity contribution is 9.09. The van der Waals surface area contributed by atoms with Gasteiger partial charge < -0.3 is 9.47 Å². The number of halogens is 1. The van der Waals surface area contributed by atoms with Crippen molar-refractivity contribution in [1.82, 2.24) is 0 Å². The molecular weight excluding hydrogens is 280 g/mol. The molecule has 1 aromatic rings. The van der Waals surface area contributed by atoms with Crippen LogP contribution in [0.15, 0.2) is 30.3 Å². The Labute approximate surface area is 111 Å². The van der Waals surface area contributed by atoms with E-state index in [0.717, 1.165) is 5.75 Å². The second kappa shape index (κ2) is 7.02. The van der Waals surface area contributed by atoms with E-state index in [2.05, 4.69) is 15.9 Å². The molecule has 1 aromatic carbocycles. The number of rotatable bonds is 5. The summed E-state index contributed by atoms with van der Waals surface area (Å²) in [6, 6.07) is 9.88. The second-order valence-corrected chi connectivity index (χ2v) is 5.55. The lowest BCUT2D eigenvalue weighted by molar-refractivity contribution is 0.0181. The molecule has 0 amide bonds. The second-order valence-electron chi connectivity index (χ2n) is 4.37. The molecule has 94 valence electrons. The van der Waals surface area contributed by atoms with Crippen LogP contribution in [0.25, 0.3) is 0 Å². The van der Waals surface area contributed by atoms with Gasteiger partial charge in [-0.05, 0) is 25.0 Å². The molecule has 1 aliphatic rings. The van der Waals surface area contributed by atoms with E-state index in [9.17, 15) is 0 Å². The summed E-state index contributed by atoms with van der Waals surface area (Å²) in [6.45, 7) is 1.29. The minimum atomic E-state index is 0.364. The van der Waals surface area contributed by atoms with Gasteiger partial charge in [-0.1, -0.05) is 47.0 Å². The van der Waals surface area contributed by atoms with Crippen LogP contribution in [0.5, 0.6) is 5.75 Å². The third kappa shape index (κ3) is 4.32. The van der Waals surface area contributed by atoms with Crippen molar-refractivity contribution in [2.24, 2.45) is 0 Å². The number of para-hydroxylation sites is 1. The van der Waals surface area contributed by atoms with Crippen molar-refractivity contribution >= 4 is 15.9 Å². The maximum Gasteiger partial charge on any atom is 0.119 e. The van der Waals surface area contributed by atoms with Crippen molar-refractivity contribution in [2.45, 2.75) is 36.6 Å². The topological polar surface area (TPSA) is 18.5 Å². The van der Waals surface area contributed by atoms with Crippen LogP contribution in [0, 0.1) is 0 Å². The average Bonchev–Trinajstić information content (AvgIpc) is 2.38. The Hall–Kier alpha value is -0.540. The number of hydrogen-bond acceptors (Lipinski definition) is 2. The third-order valence-electron chi connectivity index (χ3n) is 3.05. The van der Waals surface area contributed by atoms with E-state index >= 15 is 0 Å². The van der Waals surface area contributed by atoms with Gasteiger partial charge >= 0.3 is 0 Å². The zero-order chi connectivity index (χ0) is 11.9. The summed E-state index contributed by atoms with van der Waals surface area (Å²) < 4.78 is 11.4. The largest absolute Gasteiger partial charge is 0.491 e. The Morgan fingerprint density at radius 2 is 1.82 bits per heavy atom. The van der Waals surface area contributed by atoms with Crippen LogP contribution in [0.1, 0.15) is 25.7 Å². The van der Waals surface area contributed by atoms with Crippen LogP contribution in [0.4, 0.5) is 0 Å². The molecule has 2 atom stereocenters. The van der Waals surface area contributed by atoms with E-state index in [0.29, 0.717) is 24.1 Å². The third-order valence-corrected chi connectivity index (χ3v) is 4.10. The molecule has 0 heterocycles. The van der Waals surface area contributed by atoms with Crippen molar-refractivity contribution in [3.8, 4) is 5.75 Å². The molecule has 2 unspecified atom stereocenters. The first-order valence-electron chi connectivity index (χ1n) is 6.30. The molecule has 0 aliphatic heterocycles. The predicted molar refractivity (Wildman–Crippen MR) is 72.9 cm³/mol. The summed E-state index contributed by atoms with van der Waals surface area (Å²) in [7, 11) is 0. The van der Waals surface area contributed by atoms with Crippen molar-refractivity contribution < 1.29 is 9.47 Å². The first-order chi connectivity index (χ1) is 8.36. The summed E-state index contributed by atoms with van der Waals surface area (Å²) in [4.78, 5) is 0.521. The molecule has 0 saturated heterocycles. The van der Waals surface area contributed by atoms with E-state index in [1.54, 1.807) is 0 Å². The van der Waals surface area contributed by atoms with Gasteiger partial charge in [0.05, 0.1) is 12.7 Å². The Kier molecular flexibility index (Phi) is 5.33. The van der Waals surface area contributed by atoms with Crippen molar-refractivity contribution in [3.05, 3.63) is 30.3 Å². The van der Waals surface area contributed by atoms with Gasteiger partial charge in [-0.3, -0.25) is 0 Å². The maximum absolute atomic E-state index is 5.85. The van der Waals surface area contributed by atoms with Crippen LogP contribution < -0.4 is 4.74 Å². The first kappa shape index (κ1) is 12.9. The van der Waals surface area contributed by atoms with Gasteiger partial charge in [0.15, 0.2) is 0 Å². The summed E-state index contributed by atoms with van der Waals surface area (Å²) in [6.07, 6.45) is 5.36. The molecule has 2 rings (SSSR count). The fourth-order valence-electron chi connectivity index (χ4n) is 2.12. The van der Waals surface area contributed by atoms with Gasteiger partial charge in [0.25, 0.3) is 0 Å². The fourth-order valence-corrected chi connectivity index (χ4v) is 2.86. The SMILES string of the molecule is BrC1CCCCC1OCCOc1ccccc1. The molecule has 0 aromatic heterocycles. The van der Waals surface area contributed by atoms with E-state index in [4.69, 9.17) is 9.47 Å². The summed E-state index contributed by atoms with van der Waals surface area (Å²) in [5.41, 5.74) is 0. The smallest absolute Gasteiger partial charge is 0.119 e. The van der Waals surface area contributed by atoms with Gasteiger partial charge in [0, 0.05) is 4.83 Å². The molecular formula is C14H19BrO2. The monoisotopic (exact) mass is 298 g/mol. The van der Waals surface area contributed by atoms with Crippen LogP contribution in [0.2, 0.25) is 0 Å². The Bertz CT molecular complexity index is 315. The summed E-state index contributed by atoms with van der Waals surface area (Å²) in [5, 5.41) is 0. The number of benzene rings is 1. The molecule has 1 aliphatic carbocycles. The van der Waals surface area contributed by atoms with Gasteiger partial charge in [-0.15, -0.1) is 0 Å². The minimum Gasteiger partial charge on any atom is -0.491 e. The van der Waals surface area contributed by atoms with Gasteiger partial charge in [0.2, 0.25) is 0 Å². The van der Waals surface area contributed by atoms with Crippen molar-refractivity contribution in [2.75, 3.05) is 13.2 Å². The maximum atomic E-state index is 5.85. The first-order valence-corrected chi connectivity index (χ1v) is 7.21. The fraction of sp³-hybridized carbons (Fsp3) is 0.571. The average molecular weight is 299 g/mol. The summed E-state index contributed by atoms with van der Waals surface area (Å²) in [5.74, 6) is 0.912. The van der Waals surface area contributed by atoms with E-state index < -0.39 is 0 Å². The molecule has 1 saturated carbocycles. The zero-order valence-corrected chi connectivity index (χ0v) is 11.6. The van der Waals surface area contributed by atoms with E-state index in [-0.39, 0.29) is 0 Å². The highest BCUT2D eigenvalue weighted by Crippen LogP contribution is 2.26. The number of hydrogen-bond donors (Lipinski definition) is 0. The van der Waals surface area contributed by atoms with E-state index in [1.165, 1.54) is 25.7 Å². The van der Waals surface area contributed by atoms with Gasteiger partial charge in [0.1, 0.15) is 12.4 Å². The van der Waals surface area contributed by atoms with Crippen LogP contribution >= 0.6 is 15.9 Å². The Morgan fingerprint density at radius 3 is 2.59 bits per heavy atom. The number of ether oxygens (including phenoxy) is 2. The lowest BCUT2D eigenvalue weighted by Gasteiger charge is -2.27. The molecule has 0 N–H and O–H groups in total. The lowest BCUT2D eigenvalue weighted by atomic mass is 9.98. The van der Waals surface area contributed by atoms with Gasteiger partial charge in [-0.2, -0.15) is 0 Å². The molecule has 2 nitrogen and oxygen atoms in total. The molecule has 0 bridgehead atoms. The molecule has 1 fully saturated rings. The van der Waals surface area contributed by atoms with E-state index in [1.807, 2.05) is 30.3 Å².